The van der Waals surface area contributed by atoms with Gasteiger partial charge in [-0.2, -0.15) is 0 Å². The number of amides is 1. The number of benzene rings is 2. The van der Waals surface area contributed by atoms with Crippen molar-refractivity contribution < 1.29 is 9.53 Å². The molecule has 0 saturated carbocycles. The highest BCUT2D eigenvalue weighted by Crippen LogP contribution is 2.29. The van der Waals surface area contributed by atoms with E-state index in [2.05, 4.69) is 32.2 Å². The third-order valence-corrected chi connectivity index (χ3v) is 4.53. The van der Waals surface area contributed by atoms with Gasteiger partial charge in [0.15, 0.2) is 0 Å². The molecule has 4 heteroatoms. The molecule has 0 unspecified atom stereocenters. The van der Waals surface area contributed by atoms with Crippen LogP contribution in [0.3, 0.4) is 0 Å². The fourth-order valence-corrected chi connectivity index (χ4v) is 3.08. The minimum atomic E-state index is -0.00781. The molecule has 0 spiro atoms. The van der Waals surface area contributed by atoms with Gasteiger partial charge in [-0.3, -0.25) is 4.79 Å². The van der Waals surface area contributed by atoms with Crippen LogP contribution in [0.15, 0.2) is 53.4 Å². The molecule has 24 heavy (non-hydrogen) atoms. The van der Waals surface area contributed by atoms with E-state index >= 15 is 0 Å². The van der Waals surface area contributed by atoms with Crippen molar-refractivity contribution in [3.63, 3.8) is 0 Å². The summed E-state index contributed by atoms with van der Waals surface area (Å²) < 4.78 is 5.42. The molecule has 0 heterocycles. The SMILES string of the molecule is CCOc1ccc(SCC(=O)Nc2ccccc2C(C)(C)C)cc1. The highest BCUT2D eigenvalue weighted by Gasteiger charge is 2.18. The van der Waals surface area contributed by atoms with Gasteiger partial charge in [-0.25, -0.2) is 0 Å². The Morgan fingerprint density at radius 3 is 2.38 bits per heavy atom. The van der Waals surface area contributed by atoms with Crippen LogP contribution in [-0.4, -0.2) is 18.3 Å². The van der Waals surface area contributed by atoms with E-state index < -0.39 is 0 Å². The summed E-state index contributed by atoms with van der Waals surface area (Å²) in [6, 6.07) is 15.8. The molecule has 0 atom stereocenters. The van der Waals surface area contributed by atoms with E-state index in [1.165, 1.54) is 11.8 Å². The maximum Gasteiger partial charge on any atom is 0.234 e. The third kappa shape index (κ3) is 5.31. The highest BCUT2D eigenvalue weighted by molar-refractivity contribution is 8.00. The lowest BCUT2D eigenvalue weighted by molar-refractivity contribution is -0.113. The quantitative estimate of drug-likeness (QED) is 0.740. The molecule has 0 aliphatic carbocycles. The first-order valence-corrected chi connectivity index (χ1v) is 9.13. The Labute approximate surface area is 148 Å². The van der Waals surface area contributed by atoms with E-state index in [0.717, 1.165) is 21.9 Å². The maximum absolute atomic E-state index is 12.3. The summed E-state index contributed by atoms with van der Waals surface area (Å²) in [5.41, 5.74) is 2.03. The number of carbonyl (C=O) groups is 1. The number of hydrogen-bond acceptors (Lipinski definition) is 3. The van der Waals surface area contributed by atoms with Crippen molar-refractivity contribution in [2.24, 2.45) is 0 Å². The second-order valence-electron chi connectivity index (χ2n) is 6.54. The third-order valence-electron chi connectivity index (χ3n) is 3.51. The summed E-state index contributed by atoms with van der Waals surface area (Å²) in [4.78, 5) is 13.3. The minimum Gasteiger partial charge on any atom is -0.494 e. The second kappa shape index (κ2) is 8.25. The number of rotatable bonds is 6. The van der Waals surface area contributed by atoms with Gasteiger partial charge >= 0.3 is 0 Å². The van der Waals surface area contributed by atoms with Gasteiger partial charge in [-0.05, 0) is 48.2 Å². The molecule has 128 valence electrons. The van der Waals surface area contributed by atoms with Crippen molar-refractivity contribution in [2.75, 3.05) is 17.7 Å². The Hall–Kier alpha value is -1.94. The lowest BCUT2D eigenvalue weighted by Crippen LogP contribution is -2.19. The Morgan fingerprint density at radius 1 is 1.08 bits per heavy atom. The fraction of sp³-hybridized carbons (Fsp3) is 0.350. The van der Waals surface area contributed by atoms with Crippen molar-refractivity contribution in [1.82, 2.24) is 0 Å². The summed E-state index contributed by atoms with van der Waals surface area (Å²) in [5, 5.41) is 3.03. The molecule has 2 aromatic rings. The van der Waals surface area contributed by atoms with Gasteiger partial charge in [0.25, 0.3) is 0 Å². The molecule has 1 amide bonds. The molecule has 0 aromatic heterocycles. The number of nitrogens with one attached hydrogen (secondary N) is 1. The first kappa shape index (κ1) is 18.4. The first-order valence-electron chi connectivity index (χ1n) is 8.15. The van der Waals surface area contributed by atoms with E-state index in [1.54, 1.807) is 0 Å². The number of ether oxygens (including phenoxy) is 1. The van der Waals surface area contributed by atoms with E-state index in [9.17, 15) is 4.79 Å². The Bertz CT molecular complexity index is 675. The molecule has 0 fully saturated rings. The number of hydrogen-bond donors (Lipinski definition) is 1. The van der Waals surface area contributed by atoms with Crippen LogP contribution in [0, 0.1) is 0 Å². The van der Waals surface area contributed by atoms with Crippen LogP contribution in [0.4, 0.5) is 5.69 Å². The highest BCUT2D eigenvalue weighted by atomic mass is 32.2. The van der Waals surface area contributed by atoms with Crippen LogP contribution in [-0.2, 0) is 10.2 Å². The van der Waals surface area contributed by atoms with E-state index in [4.69, 9.17) is 4.74 Å². The lowest BCUT2D eigenvalue weighted by Gasteiger charge is -2.23. The average Bonchev–Trinajstić information content (AvgIpc) is 2.54. The largest absolute Gasteiger partial charge is 0.494 e. The zero-order valence-electron chi connectivity index (χ0n) is 14.8. The summed E-state index contributed by atoms with van der Waals surface area (Å²) in [6.45, 7) is 9.05. The Kier molecular flexibility index (Phi) is 6.32. The Balaban J connectivity index is 1.94. The summed E-state index contributed by atoms with van der Waals surface area (Å²) in [6.07, 6.45) is 0. The summed E-state index contributed by atoms with van der Waals surface area (Å²) in [5.74, 6) is 1.24. The standard InChI is InChI=1S/C20H25NO2S/c1-5-23-15-10-12-16(13-11-15)24-14-19(22)21-18-9-7-6-8-17(18)20(2,3)4/h6-13H,5,14H2,1-4H3,(H,21,22). The van der Waals surface area contributed by atoms with Crippen molar-refractivity contribution >= 4 is 23.4 Å². The number of carbonyl (C=O) groups excluding carboxylic acids is 1. The number of para-hydroxylation sites is 1. The predicted molar refractivity (Wildman–Crippen MR) is 102 cm³/mol. The van der Waals surface area contributed by atoms with Crippen molar-refractivity contribution in [3.05, 3.63) is 54.1 Å². The predicted octanol–water partition coefficient (Wildman–Crippen LogP) is 5.11. The van der Waals surface area contributed by atoms with Gasteiger partial charge in [-0.1, -0.05) is 39.0 Å². The molecule has 0 saturated heterocycles. The molecular weight excluding hydrogens is 318 g/mol. The molecule has 0 radical (unpaired) electrons. The normalized spacial score (nSPS) is 11.2. The van der Waals surface area contributed by atoms with Crippen LogP contribution < -0.4 is 10.1 Å². The van der Waals surface area contributed by atoms with Gasteiger partial charge in [0.1, 0.15) is 5.75 Å². The van der Waals surface area contributed by atoms with Crippen LogP contribution in [0.2, 0.25) is 0 Å². The van der Waals surface area contributed by atoms with Gasteiger partial charge in [0.2, 0.25) is 5.91 Å². The topological polar surface area (TPSA) is 38.3 Å². The molecule has 0 aliphatic rings. The minimum absolute atomic E-state index is 0.00517. The van der Waals surface area contributed by atoms with E-state index in [1.807, 2.05) is 49.4 Å². The van der Waals surface area contributed by atoms with Gasteiger partial charge in [-0.15, -0.1) is 11.8 Å². The van der Waals surface area contributed by atoms with Gasteiger partial charge in [0.05, 0.1) is 12.4 Å². The second-order valence-corrected chi connectivity index (χ2v) is 7.59. The van der Waals surface area contributed by atoms with Gasteiger partial charge in [0, 0.05) is 10.6 Å². The first-order chi connectivity index (χ1) is 11.4. The Morgan fingerprint density at radius 2 is 1.75 bits per heavy atom. The molecule has 0 aliphatic heterocycles. The zero-order valence-corrected chi connectivity index (χ0v) is 15.6. The monoisotopic (exact) mass is 343 g/mol. The fourth-order valence-electron chi connectivity index (χ4n) is 2.38. The van der Waals surface area contributed by atoms with Crippen LogP contribution >= 0.6 is 11.8 Å². The maximum atomic E-state index is 12.3. The van der Waals surface area contributed by atoms with Gasteiger partial charge < -0.3 is 10.1 Å². The number of thioether (sulfide) groups is 1. The molecule has 3 nitrogen and oxygen atoms in total. The van der Waals surface area contributed by atoms with Crippen LogP contribution in [0.1, 0.15) is 33.3 Å². The molecular formula is C20H25NO2S. The average molecular weight is 343 g/mol. The van der Waals surface area contributed by atoms with Crippen molar-refractivity contribution in [1.29, 1.82) is 0 Å². The molecule has 2 rings (SSSR count). The van der Waals surface area contributed by atoms with Crippen LogP contribution in [0.25, 0.3) is 0 Å². The van der Waals surface area contributed by atoms with Crippen molar-refractivity contribution in [3.8, 4) is 5.75 Å². The van der Waals surface area contributed by atoms with E-state index in [0.29, 0.717) is 12.4 Å². The smallest absolute Gasteiger partial charge is 0.234 e. The molecule has 1 N–H and O–H groups in total. The summed E-state index contributed by atoms with van der Waals surface area (Å²) in [7, 11) is 0. The zero-order chi connectivity index (χ0) is 17.6. The van der Waals surface area contributed by atoms with Crippen molar-refractivity contribution in [2.45, 2.75) is 38.0 Å². The molecule has 2 aromatic carbocycles. The molecule has 0 bridgehead atoms. The van der Waals surface area contributed by atoms with Crippen LogP contribution in [0.5, 0.6) is 5.75 Å². The summed E-state index contributed by atoms with van der Waals surface area (Å²) >= 11 is 1.52. The van der Waals surface area contributed by atoms with E-state index in [-0.39, 0.29) is 11.3 Å². The lowest BCUT2D eigenvalue weighted by atomic mass is 9.86. The number of anilines is 1.